The van der Waals surface area contributed by atoms with Crippen LogP contribution < -0.4 is 0 Å². The van der Waals surface area contributed by atoms with E-state index in [4.69, 9.17) is 16.7 Å². The SMILES string of the molecule is [CH2]C(CO)c1cccc(I)c1Cl. The van der Waals surface area contributed by atoms with E-state index in [-0.39, 0.29) is 12.5 Å². The average Bonchev–Trinajstić information content (AvgIpc) is 2.08. The third-order valence-corrected chi connectivity index (χ3v) is 3.28. The summed E-state index contributed by atoms with van der Waals surface area (Å²) in [4.78, 5) is 0. The second-order valence-corrected chi connectivity index (χ2v) is 4.06. The van der Waals surface area contributed by atoms with Gasteiger partial charge in [-0.25, -0.2) is 0 Å². The van der Waals surface area contributed by atoms with E-state index in [1.165, 1.54) is 0 Å². The Hall–Kier alpha value is 0.200. The summed E-state index contributed by atoms with van der Waals surface area (Å²) in [5.41, 5.74) is 0.908. The van der Waals surface area contributed by atoms with Crippen molar-refractivity contribution in [3.8, 4) is 0 Å². The number of benzene rings is 1. The molecule has 0 aliphatic rings. The Labute approximate surface area is 90.9 Å². The predicted octanol–water partition coefficient (Wildman–Crippen LogP) is 2.85. The molecule has 0 aliphatic heterocycles. The minimum Gasteiger partial charge on any atom is -0.396 e. The van der Waals surface area contributed by atoms with Crippen molar-refractivity contribution in [2.75, 3.05) is 6.61 Å². The normalized spacial score (nSPS) is 13.0. The first kappa shape index (κ1) is 10.3. The van der Waals surface area contributed by atoms with Crippen LogP contribution in [0.5, 0.6) is 0 Å². The van der Waals surface area contributed by atoms with Crippen molar-refractivity contribution in [1.29, 1.82) is 0 Å². The highest BCUT2D eigenvalue weighted by Gasteiger charge is 2.09. The van der Waals surface area contributed by atoms with Crippen LogP contribution in [0.15, 0.2) is 18.2 Å². The van der Waals surface area contributed by atoms with Crippen LogP contribution in [-0.4, -0.2) is 11.7 Å². The van der Waals surface area contributed by atoms with Gasteiger partial charge < -0.3 is 5.11 Å². The standard InChI is InChI=1S/C9H9ClIO/c1-6(5-12)7-3-2-4-8(11)9(7)10/h2-4,6,12H,1,5H2. The molecule has 1 aromatic rings. The van der Waals surface area contributed by atoms with Gasteiger partial charge in [0.25, 0.3) is 0 Å². The van der Waals surface area contributed by atoms with Gasteiger partial charge in [0.1, 0.15) is 0 Å². The van der Waals surface area contributed by atoms with Crippen molar-refractivity contribution >= 4 is 34.2 Å². The first-order valence-electron chi connectivity index (χ1n) is 3.54. The first-order valence-corrected chi connectivity index (χ1v) is 5.00. The molecule has 1 radical (unpaired) electrons. The molecule has 1 rings (SSSR count). The lowest BCUT2D eigenvalue weighted by Crippen LogP contribution is -2.00. The molecule has 1 unspecified atom stereocenters. The number of aliphatic hydroxyl groups is 1. The Kier molecular flexibility index (Phi) is 3.80. The van der Waals surface area contributed by atoms with Gasteiger partial charge in [0.05, 0.1) is 5.02 Å². The van der Waals surface area contributed by atoms with Gasteiger partial charge in [-0.3, -0.25) is 0 Å². The predicted molar refractivity (Wildman–Crippen MR) is 59.4 cm³/mol. The fourth-order valence-electron chi connectivity index (χ4n) is 0.934. The number of rotatable bonds is 2. The van der Waals surface area contributed by atoms with Gasteiger partial charge in [0.15, 0.2) is 0 Å². The topological polar surface area (TPSA) is 20.2 Å². The summed E-state index contributed by atoms with van der Waals surface area (Å²) in [5.74, 6) is -0.132. The van der Waals surface area contributed by atoms with E-state index in [1.54, 1.807) is 0 Å². The molecular weight excluding hydrogens is 286 g/mol. The third kappa shape index (κ3) is 2.12. The molecule has 1 N–H and O–H groups in total. The van der Waals surface area contributed by atoms with Crippen LogP contribution in [0.2, 0.25) is 5.02 Å². The molecule has 3 heteroatoms. The molecule has 65 valence electrons. The van der Waals surface area contributed by atoms with E-state index in [1.807, 2.05) is 18.2 Å². The van der Waals surface area contributed by atoms with Crippen molar-refractivity contribution in [2.24, 2.45) is 0 Å². The second kappa shape index (κ2) is 4.44. The summed E-state index contributed by atoms with van der Waals surface area (Å²) in [5, 5.41) is 9.58. The van der Waals surface area contributed by atoms with Crippen molar-refractivity contribution in [1.82, 2.24) is 0 Å². The van der Waals surface area contributed by atoms with Gasteiger partial charge in [-0.2, -0.15) is 0 Å². The smallest absolute Gasteiger partial charge is 0.0575 e. The molecule has 1 aromatic carbocycles. The van der Waals surface area contributed by atoms with Crippen molar-refractivity contribution in [3.63, 3.8) is 0 Å². The van der Waals surface area contributed by atoms with Crippen molar-refractivity contribution in [3.05, 3.63) is 39.3 Å². The Morgan fingerprint density at radius 1 is 1.58 bits per heavy atom. The van der Waals surface area contributed by atoms with Crippen molar-refractivity contribution in [2.45, 2.75) is 5.92 Å². The van der Waals surface area contributed by atoms with Gasteiger partial charge in [-0.15, -0.1) is 0 Å². The molecule has 0 bridgehead atoms. The van der Waals surface area contributed by atoms with Crippen LogP contribution in [0.4, 0.5) is 0 Å². The number of halogens is 2. The summed E-state index contributed by atoms with van der Waals surface area (Å²) >= 11 is 8.17. The molecule has 0 amide bonds. The molecule has 1 nitrogen and oxygen atoms in total. The largest absolute Gasteiger partial charge is 0.396 e. The highest BCUT2D eigenvalue weighted by molar-refractivity contribution is 14.1. The van der Waals surface area contributed by atoms with Crippen LogP contribution in [0.1, 0.15) is 11.5 Å². The Balaban J connectivity index is 3.07. The van der Waals surface area contributed by atoms with Crippen LogP contribution >= 0.6 is 34.2 Å². The molecule has 0 aromatic heterocycles. The first-order chi connectivity index (χ1) is 5.66. The van der Waals surface area contributed by atoms with Gasteiger partial charge >= 0.3 is 0 Å². The van der Waals surface area contributed by atoms with E-state index < -0.39 is 0 Å². The molecule has 1 atom stereocenters. The summed E-state index contributed by atoms with van der Waals surface area (Å²) in [6.07, 6.45) is 0. The zero-order chi connectivity index (χ0) is 9.14. The van der Waals surface area contributed by atoms with Gasteiger partial charge in [0, 0.05) is 16.1 Å². The second-order valence-electron chi connectivity index (χ2n) is 2.52. The zero-order valence-electron chi connectivity index (χ0n) is 6.43. The number of hydrogen-bond acceptors (Lipinski definition) is 1. The Bertz CT molecular complexity index is 275. The van der Waals surface area contributed by atoms with Crippen LogP contribution in [0.25, 0.3) is 0 Å². The van der Waals surface area contributed by atoms with E-state index >= 15 is 0 Å². The highest BCUT2D eigenvalue weighted by atomic mass is 127. The maximum atomic E-state index is 8.88. The minimum atomic E-state index is -0.132. The summed E-state index contributed by atoms with van der Waals surface area (Å²) in [7, 11) is 0. The van der Waals surface area contributed by atoms with Gasteiger partial charge in [-0.05, 0) is 41.1 Å². The van der Waals surface area contributed by atoms with Gasteiger partial charge in [0.2, 0.25) is 0 Å². The minimum absolute atomic E-state index is 0.0276. The van der Waals surface area contributed by atoms with E-state index in [0.717, 1.165) is 9.13 Å². The molecule has 12 heavy (non-hydrogen) atoms. The van der Waals surface area contributed by atoms with Crippen LogP contribution in [0, 0.1) is 10.5 Å². The molecule has 0 saturated heterocycles. The average molecular weight is 296 g/mol. The lowest BCUT2D eigenvalue weighted by Gasteiger charge is -2.10. The zero-order valence-corrected chi connectivity index (χ0v) is 9.34. The quantitative estimate of drug-likeness (QED) is 0.832. The maximum Gasteiger partial charge on any atom is 0.0575 e. The molecule has 0 saturated carbocycles. The highest BCUT2D eigenvalue weighted by Crippen LogP contribution is 2.27. The molecular formula is C9H9ClIO. The Morgan fingerprint density at radius 3 is 2.83 bits per heavy atom. The molecule has 0 spiro atoms. The lowest BCUT2D eigenvalue weighted by molar-refractivity contribution is 0.282. The third-order valence-electron chi connectivity index (χ3n) is 1.64. The maximum absolute atomic E-state index is 8.88. The molecule has 0 aliphatic carbocycles. The summed E-state index contributed by atoms with van der Waals surface area (Å²) in [6, 6.07) is 5.73. The Morgan fingerprint density at radius 2 is 2.25 bits per heavy atom. The monoisotopic (exact) mass is 295 g/mol. The fraction of sp³-hybridized carbons (Fsp3) is 0.222. The summed E-state index contributed by atoms with van der Waals surface area (Å²) in [6.45, 7) is 3.82. The van der Waals surface area contributed by atoms with Crippen molar-refractivity contribution < 1.29 is 5.11 Å². The number of aliphatic hydroxyl groups excluding tert-OH is 1. The molecule has 0 fully saturated rings. The fourth-order valence-corrected chi connectivity index (χ4v) is 1.73. The van der Waals surface area contributed by atoms with Crippen LogP contribution in [-0.2, 0) is 0 Å². The lowest BCUT2D eigenvalue weighted by atomic mass is 10.0. The summed E-state index contributed by atoms with van der Waals surface area (Å²) < 4.78 is 0.994. The van der Waals surface area contributed by atoms with Crippen LogP contribution in [0.3, 0.4) is 0 Å². The van der Waals surface area contributed by atoms with E-state index in [0.29, 0.717) is 5.02 Å². The molecule has 0 heterocycles. The van der Waals surface area contributed by atoms with Gasteiger partial charge in [-0.1, -0.05) is 23.7 Å². The van der Waals surface area contributed by atoms with E-state index in [2.05, 4.69) is 29.5 Å². The number of hydrogen-bond donors (Lipinski definition) is 1. The van der Waals surface area contributed by atoms with E-state index in [9.17, 15) is 0 Å².